The summed E-state index contributed by atoms with van der Waals surface area (Å²) < 4.78 is 12.9. The van der Waals surface area contributed by atoms with E-state index >= 15 is 0 Å². The molecule has 0 aromatic heterocycles. The van der Waals surface area contributed by atoms with Crippen LogP contribution in [0.3, 0.4) is 0 Å². The minimum absolute atomic E-state index is 0.0273. The fraction of sp³-hybridized carbons (Fsp3) is 0.235. The molecule has 0 radical (unpaired) electrons. The molecule has 4 heteroatoms. The summed E-state index contributed by atoms with van der Waals surface area (Å²) >= 11 is 6.11. The number of amides is 1. The van der Waals surface area contributed by atoms with Gasteiger partial charge in [0.25, 0.3) is 0 Å². The van der Waals surface area contributed by atoms with Crippen LogP contribution in [0.4, 0.5) is 10.1 Å². The van der Waals surface area contributed by atoms with E-state index < -0.39 is 0 Å². The monoisotopic (exact) mass is 303 g/mol. The average molecular weight is 304 g/mol. The summed E-state index contributed by atoms with van der Waals surface area (Å²) in [7, 11) is 0. The molecule has 2 aromatic carbocycles. The molecule has 0 spiro atoms. The van der Waals surface area contributed by atoms with E-state index in [9.17, 15) is 9.18 Å². The number of nitrogens with one attached hydrogen (secondary N) is 1. The van der Waals surface area contributed by atoms with Crippen LogP contribution < -0.4 is 5.32 Å². The highest BCUT2D eigenvalue weighted by Crippen LogP contribution is 2.48. The zero-order valence-electron chi connectivity index (χ0n) is 11.6. The van der Waals surface area contributed by atoms with E-state index in [4.69, 9.17) is 11.6 Å². The fourth-order valence-corrected chi connectivity index (χ4v) is 2.84. The third-order valence-electron chi connectivity index (χ3n) is 3.90. The summed E-state index contributed by atoms with van der Waals surface area (Å²) in [5.74, 6) is -0.174. The van der Waals surface area contributed by atoms with E-state index in [1.54, 1.807) is 18.2 Å². The molecule has 108 valence electrons. The predicted molar refractivity (Wildman–Crippen MR) is 82.1 cm³/mol. The summed E-state index contributed by atoms with van der Waals surface area (Å²) in [5, 5.41) is 3.45. The number of rotatable bonds is 3. The Bertz CT molecular complexity index is 663. The summed E-state index contributed by atoms with van der Waals surface area (Å²) in [6.45, 7) is 1.91. The van der Waals surface area contributed by atoms with Crippen molar-refractivity contribution in [3.05, 3.63) is 64.4 Å². The average Bonchev–Trinajstić information content (AvgIpc) is 3.24. The Morgan fingerprint density at radius 2 is 1.95 bits per heavy atom. The van der Waals surface area contributed by atoms with Crippen molar-refractivity contribution in [3.63, 3.8) is 0 Å². The van der Waals surface area contributed by atoms with Crippen LogP contribution in [0.1, 0.15) is 23.5 Å². The maximum Gasteiger partial charge on any atom is 0.228 e. The minimum atomic E-state index is -0.257. The van der Waals surface area contributed by atoms with Gasteiger partial charge in [-0.3, -0.25) is 4.79 Å². The first-order chi connectivity index (χ1) is 10.1. The number of halogens is 2. The Morgan fingerprint density at radius 3 is 2.62 bits per heavy atom. The topological polar surface area (TPSA) is 29.1 Å². The highest BCUT2D eigenvalue weighted by Gasteiger charge is 2.44. The molecule has 0 bridgehead atoms. The zero-order chi connectivity index (χ0) is 15.0. The Hall–Kier alpha value is -1.87. The van der Waals surface area contributed by atoms with Gasteiger partial charge in [0.15, 0.2) is 0 Å². The van der Waals surface area contributed by atoms with Crippen LogP contribution >= 0.6 is 11.6 Å². The molecule has 1 aliphatic carbocycles. The molecule has 3 rings (SSSR count). The van der Waals surface area contributed by atoms with Gasteiger partial charge in [-0.2, -0.15) is 0 Å². The lowest BCUT2D eigenvalue weighted by molar-refractivity contribution is -0.117. The van der Waals surface area contributed by atoms with Gasteiger partial charge in [0.1, 0.15) is 5.82 Å². The second-order valence-corrected chi connectivity index (χ2v) is 5.83. The van der Waals surface area contributed by atoms with Gasteiger partial charge in [0.05, 0.1) is 10.7 Å². The molecule has 2 nitrogen and oxygen atoms in total. The second kappa shape index (κ2) is 5.49. The SMILES string of the molecule is Cc1cccc(Cl)c1NC(=O)C1CC1c1ccc(F)cc1. The number of hydrogen-bond donors (Lipinski definition) is 1. The van der Waals surface area contributed by atoms with Gasteiger partial charge in [0, 0.05) is 5.92 Å². The predicted octanol–water partition coefficient (Wildman–Crippen LogP) is 4.53. The van der Waals surface area contributed by atoms with Gasteiger partial charge in [-0.1, -0.05) is 35.9 Å². The maximum atomic E-state index is 12.9. The number of carbonyl (C=O) groups is 1. The highest BCUT2D eigenvalue weighted by molar-refractivity contribution is 6.34. The molecule has 2 atom stereocenters. The standard InChI is InChI=1S/C17H15ClFNO/c1-10-3-2-4-15(18)16(10)20-17(21)14-9-13(14)11-5-7-12(19)8-6-11/h2-8,13-14H,9H2,1H3,(H,20,21). The molecule has 1 fully saturated rings. The molecule has 1 saturated carbocycles. The van der Waals surface area contributed by atoms with Crippen LogP contribution in [0.25, 0.3) is 0 Å². The van der Waals surface area contributed by atoms with E-state index in [0.717, 1.165) is 17.5 Å². The molecule has 1 aliphatic rings. The molecule has 1 N–H and O–H groups in total. The quantitative estimate of drug-likeness (QED) is 0.887. The van der Waals surface area contributed by atoms with Gasteiger partial charge in [-0.25, -0.2) is 4.39 Å². The number of anilines is 1. The van der Waals surface area contributed by atoms with E-state index in [1.165, 1.54) is 12.1 Å². The van der Waals surface area contributed by atoms with Crippen molar-refractivity contribution in [2.24, 2.45) is 5.92 Å². The molecule has 0 aliphatic heterocycles. The van der Waals surface area contributed by atoms with Crippen LogP contribution in [0, 0.1) is 18.7 Å². The van der Waals surface area contributed by atoms with Crippen molar-refractivity contribution >= 4 is 23.2 Å². The smallest absolute Gasteiger partial charge is 0.228 e. The van der Waals surface area contributed by atoms with Gasteiger partial charge >= 0.3 is 0 Å². The third kappa shape index (κ3) is 2.93. The van der Waals surface area contributed by atoms with Gasteiger partial charge in [-0.15, -0.1) is 0 Å². The fourth-order valence-electron chi connectivity index (χ4n) is 2.57. The molecule has 1 amide bonds. The molecule has 0 saturated heterocycles. The molecule has 0 heterocycles. The lowest BCUT2D eigenvalue weighted by Crippen LogP contribution is -2.15. The Labute approximate surface area is 127 Å². The van der Waals surface area contributed by atoms with Crippen molar-refractivity contribution in [1.82, 2.24) is 0 Å². The normalized spacial score (nSPS) is 20.1. The molecule has 21 heavy (non-hydrogen) atoms. The first-order valence-corrected chi connectivity index (χ1v) is 7.25. The van der Waals surface area contributed by atoms with Gasteiger partial charge < -0.3 is 5.32 Å². The molecular formula is C17H15ClFNO. The Morgan fingerprint density at radius 1 is 1.24 bits per heavy atom. The lowest BCUT2D eigenvalue weighted by atomic mass is 10.1. The van der Waals surface area contributed by atoms with Crippen LogP contribution in [0.5, 0.6) is 0 Å². The van der Waals surface area contributed by atoms with Crippen LogP contribution in [-0.4, -0.2) is 5.91 Å². The van der Waals surface area contributed by atoms with E-state index in [1.807, 2.05) is 19.1 Å². The first-order valence-electron chi connectivity index (χ1n) is 6.87. The van der Waals surface area contributed by atoms with Crippen molar-refractivity contribution < 1.29 is 9.18 Å². The van der Waals surface area contributed by atoms with E-state index in [2.05, 4.69) is 5.32 Å². The van der Waals surface area contributed by atoms with E-state index in [-0.39, 0.29) is 23.6 Å². The molecule has 2 unspecified atom stereocenters. The van der Waals surface area contributed by atoms with Crippen molar-refractivity contribution in [3.8, 4) is 0 Å². The van der Waals surface area contributed by atoms with E-state index in [0.29, 0.717) is 10.7 Å². The largest absolute Gasteiger partial charge is 0.324 e. The summed E-state index contributed by atoms with van der Waals surface area (Å²) in [6, 6.07) is 11.9. The van der Waals surface area contributed by atoms with Crippen molar-refractivity contribution in [1.29, 1.82) is 0 Å². The number of benzene rings is 2. The van der Waals surface area contributed by atoms with Crippen molar-refractivity contribution in [2.75, 3.05) is 5.32 Å². The molecule has 2 aromatic rings. The Kier molecular flexibility index (Phi) is 3.68. The summed E-state index contributed by atoms with van der Waals surface area (Å²) in [4.78, 5) is 12.3. The maximum absolute atomic E-state index is 12.9. The number of aryl methyl sites for hydroxylation is 1. The molecular weight excluding hydrogens is 289 g/mol. The number of carbonyl (C=O) groups excluding carboxylic acids is 1. The van der Waals surface area contributed by atoms with Gasteiger partial charge in [0.2, 0.25) is 5.91 Å². The third-order valence-corrected chi connectivity index (χ3v) is 4.21. The van der Waals surface area contributed by atoms with Crippen molar-refractivity contribution in [2.45, 2.75) is 19.3 Å². The summed E-state index contributed by atoms with van der Waals surface area (Å²) in [6.07, 6.45) is 0.793. The Balaban J connectivity index is 1.69. The van der Waals surface area contributed by atoms with Crippen LogP contribution in [0.2, 0.25) is 5.02 Å². The van der Waals surface area contributed by atoms with Crippen LogP contribution in [0.15, 0.2) is 42.5 Å². The zero-order valence-corrected chi connectivity index (χ0v) is 12.3. The minimum Gasteiger partial charge on any atom is -0.324 e. The van der Waals surface area contributed by atoms with Gasteiger partial charge in [-0.05, 0) is 48.6 Å². The first kappa shape index (κ1) is 14.1. The highest BCUT2D eigenvalue weighted by atomic mass is 35.5. The number of hydrogen-bond acceptors (Lipinski definition) is 1. The number of para-hydroxylation sites is 1. The van der Waals surface area contributed by atoms with Crippen LogP contribution in [-0.2, 0) is 4.79 Å². The summed E-state index contributed by atoms with van der Waals surface area (Å²) in [5.41, 5.74) is 2.62. The second-order valence-electron chi connectivity index (χ2n) is 5.42. The lowest BCUT2D eigenvalue weighted by Gasteiger charge is -2.10.